The molecule has 90 valence electrons. The van der Waals surface area contributed by atoms with E-state index in [-0.39, 0.29) is 18.0 Å². The molecule has 3 heteroatoms. The molecule has 0 aliphatic heterocycles. The molecule has 1 N–H and O–H groups in total. The van der Waals surface area contributed by atoms with Crippen molar-refractivity contribution in [1.82, 2.24) is 5.32 Å². The summed E-state index contributed by atoms with van der Waals surface area (Å²) in [5.41, 5.74) is 0.933. The van der Waals surface area contributed by atoms with Gasteiger partial charge in [-0.2, -0.15) is 0 Å². The van der Waals surface area contributed by atoms with E-state index in [4.69, 9.17) is 4.74 Å². The number of rotatable bonds is 6. The standard InChI is InChI=1S/C13H20FNO/c1-4-6-12(16-3)13(15-2)10-7-5-8-11(14)9-10/h5,7-9,12-13,15H,4,6H2,1-3H3. The van der Waals surface area contributed by atoms with Gasteiger partial charge in [-0.15, -0.1) is 0 Å². The zero-order valence-corrected chi connectivity index (χ0v) is 10.2. The van der Waals surface area contributed by atoms with Crippen molar-refractivity contribution in [2.45, 2.75) is 31.9 Å². The van der Waals surface area contributed by atoms with E-state index in [0.717, 1.165) is 18.4 Å². The first-order valence-electron chi connectivity index (χ1n) is 5.68. The van der Waals surface area contributed by atoms with Crippen LogP contribution in [0.3, 0.4) is 0 Å². The Balaban J connectivity index is 2.87. The van der Waals surface area contributed by atoms with Crippen LogP contribution in [0.15, 0.2) is 24.3 Å². The summed E-state index contributed by atoms with van der Waals surface area (Å²) in [6.07, 6.45) is 2.08. The predicted octanol–water partition coefficient (Wildman–Crippen LogP) is 2.90. The Hall–Kier alpha value is -0.930. The molecule has 0 saturated carbocycles. The molecular weight excluding hydrogens is 205 g/mol. The third kappa shape index (κ3) is 3.29. The Morgan fingerprint density at radius 2 is 2.19 bits per heavy atom. The van der Waals surface area contributed by atoms with Gasteiger partial charge in [-0.1, -0.05) is 25.5 Å². The number of likely N-dealkylation sites (N-methyl/N-ethyl adjacent to an activating group) is 1. The van der Waals surface area contributed by atoms with E-state index in [1.807, 2.05) is 13.1 Å². The number of nitrogens with one attached hydrogen (secondary N) is 1. The van der Waals surface area contributed by atoms with Crippen molar-refractivity contribution in [3.05, 3.63) is 35.6 Å². The molecule has 0 aliphatic rings. The molecule has 0 aromatic heterocycles. The highest BCUT2D eigenvalue weighted by Crippen LogP contribution is 2.22. The van der Waals surface area contributed by atoms with E-state index in [1.165, 1.54) is 6.07 Å². The lowest BCUT2D eigenvalue weighted by molar-refractivity contribution is 0.0629. The first-order valence-corrected chi connectivity index (χ1v) is 5.68. The molecule has 0 aliphatic carbocycles. The molecule has 0 spiro atoms. The van der Waals surface area contributed by atoms with Crippen LogP contribution in [0.5, 0.6) is 0 Å². The van der Waals surface area contributed by atoms with Crippen molar-refractivity contribution in [2.75, 3.05) is 14.2 Å². The van der Waals surface area contributed by atoms with E-state index in [0.29, 0.717) is 0 Å². The molecular formula is C13H20FNO. The Morgan fingerprint density at radius 1 is 1.44 bits per heavy atom. The van der Waals surface area contributed by atoms with Gasteiger partial charge in [-0.05, 0) is 31.2 Å². The normalized spacial score (nSPS) is 14.8. The summed E-state index contributed by atoms with van der Waals surface area (Å²) in [5, 5.41) is 3.19. The van der Waals surface area contributed by atoms with Crippen molar-refractivity contribution in [2.24, 2.45) is 0 Å². The van der Waals surface area contributed by atoms with E-state index in [9.17, 15) is 4.39 Å². The Morgan fingerprint density at radius 3 is 2.69 bits per heavy atom. The summed E-state index contributed by atoms with van der Waals surface area (Å²) in [7, 11) is 3.57. The number of hydrogen-bond donors (Lipinski definition) is 1. The molecule has 16 heavy (non-hydrogen) atoms. The summed E-state index contributed by atoms with van der Waals surface area (Å²) in [6.45, 7) is 2.12. The topological polar surface area (TPSA) is 21.3 Å². The zero-order chi connectivity index (χ0) is 12.0. The van der Waals surface area contributed by atoms with Gasteiger partial charge in [-0.25, -0.2) is 4.39 Å². The van der Waals surface area contributed by atoms with Gasteiger partial charge in [0.05, 0.1) is 12.1 Å². The number of methoxy groups -OCH3 is 1. The molecule has 0 saturated heterocycles. The monoisotopic (exact) mass is 225 g/mol. The average molecular weight is 225 g/mol. The molecule has 0 bridgehead atoms. The van der Waals surface area contributed by atoms with Crippen molar-refractivity contribution in [3.63, 3.8) is 0 Å². The molecule has 0 radical (unpaired) electrons. The fourth-order valence-electron chi connectivity index (χ4n) is 1.97. The number of halogens is 1. The van der Waals surface area contributed by atoms with Gasteiger partial charge >= 0.3 is 0 Å². The maximum Gasteiger partial charge on any atom is 0.123 e. The SMILES string of the molecule is CCCC(OC)C(NC)c1cccc(F)c1. The molecule has 2 unspecified atom stereocenters. The summed E-state index contributed by atoms with van der Waals surface area (Å²) in [4.78, 5) is 0. The van der Waals surface area contributed by atoms with Crippen molar-refractivity contribution in [1.29, 1.82) is 0 Å². The van der Waals surface area contributed by atoms with Gasteiger partial charge in [0.2, 0.25) is 0 Å². The van der Waals surface area contributed by atoms with Crippen molar-refractivity contribution in [3.8, 4) is 0 Å². The lowest BCUT2D eigenvalue weighted by Crippen LogP contribution is -2.31. The average Bonchev–Trinajstić information content (AvgIpc) is 2.29. The lowest BCUT2D eigenvalue weighted by atomic mass is 9.98. The summed E-state index contributed by atoms with van der Waals surface area (Å²) >= 11 is 0. The highest BCUT2D eigenvalue weighted by Gasteiger charge is 2.20. The van der Waals surface area contributed by atoms with Gasteiger partial charge in [0.25, 0.3) is 0 Å². The van der Waals surface area contributed by atoms with Crippen LogP contribution in [-0.2, 0) is 4.74 Å². The smallest absolute Gasteiger partial charge is 0.123 e. The highest BCUT2D eigenvalue weighted by atomic mass is 19.1. The van der Waals surface area contributed by atoms with Crippen LogP contribution in [0, 0.1) is 5.82 Å². The first kappa shape index (κ1) is 13.1. The van der Waals surface area contributed by atoms with Crippen LogP contribution in [0.2, 0.25) is 0 Å². The number of benzene rings is 1. The Bertz CT molecular complexity index is 317. The minimum Gasteiger partial charge on any atom is -0.379 e. The van der Waals surface area contributed by atoms with E-state index in [1.54, 1.807) is 19.2 Å². The third-order valence-corrected chi connectivity index (χ3v) is 2.77. The van der Waals surface area contributed by atoms with E-state index < -0.39 is 0 Å². The minimum absolute atomic E-state index is 0.0423. The second-order valence-electron chi connectivity index (χ2n) is 3.88. The van der Waals surface area contributed by atoms with Crippen LogP contribution in [0.25, 0.3) is 0 Å². The van der Waals surface area contributed by atoms with Gasteiger partial charge < -0.3 is 10.1 Å². The Kier molecular flexibility index (Phi) is 5.43. The minimum atomic E-state index is -0.205. The Labute approximate surface area is 96.8 Å². The predicted molar refractivity (Wildman–Crippen MR) is 63.9 cm³/mol. The molecule has 1 aromatic rings. The van der Waals surface area contributed by atoms with Crippen molar-refractivity contribution < 1.29 is 9.13 Å². The van der Waals surface area contributed by atoms with Gasteiger partial charge in [0, 0.05) is 7.11 Å². The van der Waals surface area contributed by atoms with Crippen molar-refractivity contribution >= 4 is 0 Å². The number of ether oxygens (including phenoxy) is 1. The molecule has 1 aromatic carbocycles. The van der Waals surface area contributed by atoms with E-state index >= 15 is 0 Å². The van der Waals surface area contributed by atoms with Gasteiger partial charge in [-0.3, -0.25) is 0 Å². The van der Waals surface area contributed by atoms with Crippen LogP contribution in [0.1, 0.15) is 31.4 Å². The summed E-state index contributed by atoms with van der Waals surface area (Å²) in [5.74, 6) is -0.205. The van der Waals surface area contributed by atoms with Crippen LogP contribution in [0.4, 0.5) is 4.39 Å². The number of hydrogen-bond acceptors (Lipinski definition) is 2. The molecule has 0 fully saturated rings. The van der Waals surface area contributed by atoms with Gasteiger partial charge in [0.15, 0.2) is 0 Å². The van der Waals surface area contributed by atoms with Gasteiger partial charge in [0.1, 0.15) is 5.82 Å². The molecule has 0 amide bonds. The quantitative estimate of drug-likeness (QED) is 0.803. The zero-order valence-electron chi connectivity index (χ0n) is 10.2. The largest absolute Gasteiger partial charge is 0.379 e. The molecule has 2 nitrogen and oxygen atoms in total. The third-order valence-electron chi connectivity index (χ3n) is 2.77. The second kappa shape index (κ2) is 6.61. The lowest BCUT2D eigenvalue weighted by Gasteiger charge is -2.25. The van der Waals surface area contributed by atoms with E-state index in [2.05, 4.69) is 12.2 Å². The highest BCUT2D eigenvalue weighted by molar-refractivity contribution is 5.21. The maximum absolute atomic E-state index is 13.1. The molecule has 0 heterocycles. The molecule has 2 atom stereocenters. The fourth-order valence-corrected chi connectivity index (χ4v) is 1.97. The molecule has 1 rings (SSSR count). The first-order chi connectivity index (χ1) is 7.72. The fraction of sp³-hybridized carbons (Fsp3) is 0.538. The van der Waals surface area contributed by atoms with Crippen LogP contribution < -0.4 is 5.32 Å². The summed E-state index contributed by atoms with van der Waals surface area (Å²) in [6, 6.07) is 6.71. The second-order valence-corrected chi connectivity index (χ2v) is 3.88. The summed E-state index contributed by atoms with van der Waals surface area (Å²) < 4.78 is 18.6. The maximum atomic E-state index is 13.1. The van der Waals surface area contributed by atoms with Crippen LogP contribution in [-0.4, -0.2) is 20.3 Å². The van der Waals surface area contributed by atoms with Crippen LogP contribution >= 0.6 is 0 Å².